The molecule has 2 aromatic rings. The van der Waals surface area contributed by atoms with Gasteiger partial charge in [0.1, 0.15) is 12.3 Å². The lowest BCUT2D eigenvalue weighted by Crippen LogP contribution is -2.42. The molecular formula is C23H36N6O2. The van der Waals surface area contributed by atoms with Crippen LogP contribution < -0.4 is 20.7 Å². The standard InChI is InChI=1S/C23H36N6O2/c1-17(2)31-20-10-8-19(9-11-20)27-22(25-15-21(30)28-23(4,5)6)24-12-7-13-29-16-18(3)14-26-29/h8-11,14,16-17H,7,12-13,15H2,1-6H3,(H,28,30)(H2,24,25,27). The van der Waals surface area contributed by atoms with Gasteiger partial charge in [-0.3, -0.25) is 9.48 Å². The number of aryl methyl sites for hydroxylation is 2. The van der Waals surface area contributed by atoms with Gasteiger partial charge in [-0.15, -0.1) is 0 Å². The van der Waals surface area contributed by atoms with Gasteiger partial charge in [0.2, 0.25) is 5.91 Å². The minimum Gasteiger partial charge on any atom is -0.491 e. The highest BCUT2D eigenvalue weighted by Gasteiger charge is 2.13. The van der Waals surface area contributed by atoms with Crippen molar-refractivity contribution in [2.24, 2.45) is 4.99 Å². The molecule has 0 bridgehead atoms. The van der Waals surface area contributed by atoms with E-state index in [1.807, 2.05) is 82.9 Å². The summed E-state index contributed by atoms with van der Waals surface area (Å²) in [6.07, 6.45) is 4.86. The van der Waals surface area contributed by atoms with Crippen molar-refractivity contribution in [2.45, 2.75) is 66.2 Å². The fraction of sp³-hybridized carbons (Fsp3) is 0.522. The zero-order valence-corrected chi connectivity index (χ0v) is 19.5. The van der Waals surface area contributed by atoms with Crippen molar-refractivity contribution in [2.75, 3.05) is 18.4 Å². The van der Waals surface area contributed by atoms with Gasteiger partial charge in [0.15, 0.2) is 5.96 Å². The summed E-state index contributed by atoms with van der Waals surface area (Å²) in [7, 11) is 0. The first-order valence-electron chi connectivity index (χ1n) is 10.7. The van der Waals surface area contributed by atoms with Crippen LogP contribution in [0.25, 0.3) is 0 Å². The number of carbonyl (C=O) groups excluding carboxylic acids is 1. The van der Waals surface area contributed by atoms with Crippen molar-refractivity contribution in [3.05, 3.63) is 42.2 Å². The Balaban J connectivity index is 1.96. The van der Waals surface area contributed by atoms with E-state index in [4.69, 9.17) is 4.74 Å². The summed E-state index contributed by atoms with van der Waals surface area (Å²) in [6, 6.07) is 7.67. The Bertz CT molecular complexity index is 850. The topological polar surface area (TPSA) is 92.6 Å². The van der Waals surface area contributed by atoms with Crippen molar-refractivity contribution in [3.8, 4) is 5.75 Å². The molecule has 1 amide bonds. The number of guanidine groups is 1. The number of aliphatic imine (C=N–C) groups is 1. The largest absolute Gasteiger partial charge is 0.491 e. The SMILES string of the molecule is Cc1cnn(CCCNC(=NCC(=O)NC(C)(C)C)Nc2ccc(OC(C)C)cc2)c1. The molecule has 0 radical (unpaired) electrons. The monoisotopic (exact) mass is 428 g/mol. The van der Waals surface area contributed by atoms with Gasteiger partial charge in [-0.1, -0.05) is 0 Å². The van der Waals surface area contributed by atoms with Gasteiger partial charge in [0, 0.05) is 30.5 Å². The molecule has 1 aromatic heterocycles. The molecule has 8 heteroatoms. The van der Waals surface area contributed by atoms with E-state index < -0.39 is 0 Å². The molecule has 1 heterocycles. The number of benzene rings is 1. The molecule has 0 saturated carbocycles. The molecule has 0 fully saturated rings. The molecule has 0 atom stereocenters. The number of aromatic nitrogens is 2. The maximum Gasteiger partial charge on any atom is 0.242 e. The van der Waals surface area contributed by atoms with Crippen LogP contribution in [-0.4, -0.2) is 46.4 Å². The van der Waals surface area contributed by atoms with Crippen LogP contribution in [0.1, 0.15) is 46.6 Å². The third kappa shape index (κ3) is 10.0. The van der Waals surface area contributed by atoms with E-state index in [2.05, 4.69) is 26.0 Å². The summed E-state index contributed by atoms with van der Waals surface area (Å²) in [5.41, 5.74) is 1.72. The minimum absolute atomic E-state index is 0.0412. The molecule has 0 aliphatic rings. The van der Waals surface area contributed by atoms with Crippen LogP contribution in [-0.2, 0) is 11.3 Å². The Morgan fingerprint density at radius 1 is 1.23 bits per heavy atom. The lowest BCUT2D eigenvalue weighted by atomic mass is 10.1. The van der Waals surface area contributed by atoms with Gasteiger partial charge in [-0.2, -0.15) is 5.10 Å². The zero-order chi connectivity index (χ0) is 22.9. The number of carbonyl (C=O) groups is 1. The molecule has 31 heavy (non-hydrogen) atoms. The maximum absolute atomic E-state index is 12.2. The van der Waals surface area contributed by atoms with Crippen LogP contribution in [0.4, 0.5) is 5.69 Å². The van der Waals surface area contributed by atoms with E-state index in [0.29, 0.717) is 12.5 Å². The first-order valence-corrected chi connectivity index (χ1v) is 10.7. The smallest absolute Gasteiger partial charge is 0.242 e. The third-order valence-electron chi connectivity index (χ3n) is 4.00. The van der Waals surface area contributed by atoms with E-state index in [0.717, 1.165) is 30.0 Å². The average molecular weight is 429 g/mol. The quantitative estimate of drug-likeness (QED) is 0.324. The summed E-state index contributed by atoms with van der Waals surface area (Å²) in [6.45, 7) is 13.4. The number of hydrogen-bond acceptors (Lipinski definition) is 4. The fourth-order valence-corrected chi connectivity index (χ4v) is 2.81. The molecule has 170 valence electrons. The summed E-state index contributed by atoms with van der Waals surface area (Å²) >= 11 is 0. The van der Waals surface area contributed by atoms with Crippen LogP contribution in [0.15, 0.2) is 41.7 Å². The second-order valence-electron chi connectivity index (χ2n) is 8.84. The van der Waals surface area contributed by atoms with Crippen LogP contribution in [0, 0.1) is 6.92 Å². The molecule has 0 unspecified atom stereocenters. The van der Waals surface area contributed by atoms with Crippen LogP contribution in [0.2, 0.25) is 0 Å². The molecule has 0 spiro atoms. The molecule has 0 saturated heterocycles. The van der Waals surface area contributed by atoms with Crippen LogP contribution in [0.3, 0.4) is 0 Å². The fourth-order valence-electron chi connectivity index (χ4n) is 2.81. The molecule has 8 nitrogen and oxygen atoms in total. The number of hydrogen-bond donors (Lipinski definition) is 3. The number of nitrogens with zero attached hydrogens (tertiary/aromatic N) is 3. The Hall–Kier alpha value is -3.03. The molecule has 0 aliphatic carbocycles. The van der Waals surface area contributed by atoms with Crippen molar-refractivity contribution < 1.29 is 9.53 Å². The van der Waals surface area contributed by atoms with Gasteiger partial charge >= 0.3 is 0 Å². The van der Waals surface area contributed by atoms with Crippen molar-refractivity contribution in [1.82, 2.24) is 20.4 Å². The third-order valence-corrected chi connectivity index (χ3v) is 4.00. The van der Waals surface area contributed by atoms with Gasteiger partial charge in [0.05, 0.1) is 12.3 Å². The van der Waals surface area contributed by atoms with Gasteiger partial charge in [0.25, 0.3) is 0 Å². The number of anilines is 1. The summed E-state index contributed by atoms with van der Waals surface area (Å²) in [4.78, 5) is 16.6. The van der Waals surface area contributed by atoms with Gasteiger partial charge < -0.3 is 20.7 Å². The van der Waals surface area contributed by atoms with Crippen molar-refractivity contribution >= 4 is 17.6 Å². The highest BCUT2D eigenvalue weighted by atomic mass is 16.5. The summed E-state index contributed by atoms with van der Waals surface area (Å²) < 4.78 is 7.61. The minimum atomic E-state index is -0.290. The molecule has 1 aromatic carbocycles. The predicted octanol–water partition coefficient (Wildman–Crippen LogP) is 3.34. The number of nitrogens with one attached hydrogen (secondary N) is 3. The maximum atomic E-state index is 12.2. The lowest BCUT2D eigenvalue weighted by molar-refractivity contribution is -0.121. The Labute approximate surface area is 185 Å². The number of ether oxygens (including phenoxy) is 1. The van der Waals surface area contributed by atoms with Crippen LogP contribution >= 0.6 is 0 Å². The van der Waals surface area contributed by atoms with Gasteiger partial charge in [-0.25, -0.2) is 4.99 Å². The van der Waals surface area contributed by atoms with Gasteiger partial charge in [-0.05, 0) is 77.8 Å². The highest BCUT2D eigenvalue weighted by molar-refractivity contribution is 5.95. The summed E-state index contributed by atoms with van der Waals surface area (Å²) in [5.74, 6) is 1.24. The van der Waals surface area contributed by atoms with Crippen molar-refractivity contribution in [3.63, 3.8) is 0 Å². The zero-order valence-electron chi connectivity index (χ0n) is 19.5. The second kappa shape index (κ2) is 11.4. The van der Waals surface area contributed by atoms with E-state index in [1.54, 1.807) is 0 Å². The Morgan fingerprint density at radius 2 is 1.94 bits per heavy atom. The highest BCUT2D eigenvalue weighted by Crippen LogP contribution is 2.16. The van der Waals surface area contributed by atoms with Crippen molar-refractivity contribution in [1.29, 1.82) is 0 Å². The Morgan fingerprint density at radius 3 is 2.52 bits per heavy atom. The molecule has 3 N–H and O–H groups in total. The van der Waals surface area contributed by atoms with E-state index in [9.17, 15) is 4.79 Å². The molecular weight excluding hydrogens is 392 g/mol. The molecule has 0 aliphatic heterocycles. The van der Waals surface area contributed by atoms with E-state index in [-0.39, 0.29) is 24.1 Å². The van der Waals surface area contributed by atoms with Crippen LogP contribution in [0.5, 0.6) is 5.75 Å². The number of rotatable bonds is 9. The predicted molar refractivity (Wildman–Crippen MR) is 126 cm³/mol. The lowest BCUT2D eigenvalue weighted by Gasteiger charge is -2.20. The summed E-state index contributed by atoms with van der Waals surface area (Å²) in [5, 5.41) is 13.8. The van der Waals surface area contributed by atoms with E-state index in [1.165, 1.54) is 0 Å². The average Bonchev–Trinajstić information content (AvgIpc) is 3.08. The molecule has 2 rings (SSSR count). The Kier molecular flexibility index (Phi) is 8.90. The normalized spacial score (nSPS) is 12.0. The second-order valence-corrected chi connectivity index (χ2v) is 8.84. The number of amides is 1. The first-order chi connectivity index (χ1) is 14.6. The first kappa shape index (κ1) is 24.2. The van der Waals surface area contributed by atoms with E-state index >= 15 is 0 Å².